The molecule has 0 saturated carbocycles. The van der Waals surface area contributed by atoms with Crippen molar-refractivity contribution in [2.24, 2.45) is 5.92 Å². The van der Waals surface area contributed by atoms with E-state index < -0.39 is 0 Å². The maximum atomic E-state index is 5.47. The highest BCUT2D eigenvalue weighted by molar-refractivity contribution is 7.80. The van der Waals surface area contributed by atoms with Gasteiger partial charge in [0.2, 0.25) is 0 Å². The first-order chi connectivity index (χ1) is 16.8. The van der Waals surface area contributed by atoms with Crippen LogP contribution in [-0.4, -0.2) is 40.3 Å². The number of rotatable bonds is 8. The van der Waals surface area contributed by atoms with Crippen molar-refractivity contribution >= 4 is 28.1 Å². The van der Waals surface area contributed by atoms with E-state index in [-0.39, 0.29) is 5.41 Å². The van der Waals surface area contributed by atoms with Crippen LogP contribution < -0.4 is 15.4 Å². The lowest BCUT2D eigenvalue weighted by Crippen LogP contribution is -2.43. The first-order valence-corrected chi connectivity index (χ1v) is 12.3. The van der Waals surface area contributed by atoms with E-state index in [0.717, 1.165) is 51.4 Å². The summed E-state index contributed by atoms with van der Waals surface area (Å²) in [6.07, 6.45) is 3.61. The lowest BCUT2D eigenvalue weighted by molar-refractivity contribution is 0.415. The molecule has 4 aromatic rings. The molecule has 0 aliphatic heterocycles. The Morgan fingerprint density at radius 2 is 1.71 bits per heavy atom. The molecule has 0 radical (unpaired) electrons. The highest BCUT2D eigenvalue weighted by atomic mass is 32.1. The number of hydrogen-bond donors (Lipinski definition) is 3. The second kappa shape index (κ2) is 10.4. The van der Waals surface area contributed by atoms with Gasteiger partial charge in [0.1, 0.15) is 11.6 Å². The molecule has 0 aliphatic rings. The number of thiocarbonyl (C=S) groups is 1. The Labute approximate surface area is 212 Å². The number of pyridine rings is 1. The fourth-order valence-corrected chi connectivity index (χ4v) is 4.03. The Morgan fingerprint density at radius 1 is 1.00 bits per heavy atom. The van der Waals surface area contributed by atoms with Crippen LogP contribution in [0.2, 0.25) is 0 Å². The Bertz CT molecular complexity index is 1310. The molecule has 6 nitrogen and oxygen atoms in total. The third-order valence-electron chi connectivity index (χ3n) is 6.00. The van der Waals surface area contributed by atoms with Gasteiger partial charge in [0.05, 0.1) is 18.5 Å². The lowest BCUT2D eigenvalue weighted by Gasteiger charge is -2.24. The monoisotopic (exact) mass is 487 g/mol. The molecule has 0 unspecified atom stereocenters. The molecule has 0 fully saturated rings. The number of aromatic nitrogens is 3. The first kappa shape index (κ1) is 24.7. The van der Waals surface area contributed by atoms with Crippen molar-refractivity contribution in [1.82, 2.24) is 25.6 Å². The summed E-state index contributed by atoms with van der Waals surface area (Å²) in [6.45, 7) is 10.1. The van der Waals surface area contributed by atoms with Crippen LogP contribution in [0, 0.1) is 5.92 Å². The summed E-state index contributed by atoms with van der Waals surface area (Å²) in [5.41, 5.74) is 3.70. The fraction of sp³-hybridized carbons (Fsp3) is 0.321. The molecule has 4 rings (SSSR count). The zero-order valence-electron chi connectivity index (χ0n) is 21.0. The number of nitrogens with zero attached hydrogens (tertiary/aromatic N) is 2. The summed E-state index contributed by atoms with van der Waals surface area (Å²) in [6, 6.07) is 16.5. The molecule has 3 N–H and O–H groups in total. The van der Waals surface area contributed by atoms with Gasteiger partial charge in [-0.15, -0.1) is 0 Å². The topological polar surface area (TPSA) is 74.9 Å². The lowest BCUT2D eigenvalue weighted by atomic mass is 9.92. The Morgan fingerprint density at radius 3 is 2.43 bits per heavy atom. The van der Waals surface area contributed by atoms with E-state index in [1.165, 1.54) is 0 Å². The second-order valence-corrected chi connectivity index (χ2v) is 10.2. The predicted molar refractivity (Wildman–Crippen MR) is 148 cm³/mol. The summed E-state index contributed by atoms with van der Waals surface area (Å²) in [5, 5.41) is 9.56. The fourth-order valence-electron chi connectivity index (χ4n) is 3.87. The van der Waals surface area contributed by atoms with Crippen molar-refractivity contribution in [3.63, 3.8) is 0 Å². The maximum absolute atomic E-state index is 5.47. The Kier molecular flexibility index (Phi) is 7.36. The molecule has 0 bridgehead atoms. The van der Waals surface area contributed by atoms with Crippen molar-refractivity contribution in [2.45, 2.75) is 33.1 Å². The van der Waals surface area contributed by atoms with E-state index in [1.54, 1.807) is 19.5 Å². The van der Waals surface area contributed by atoms with Crippen LogP contribution in [0.4, 0.5) is 0 Å². The molecule has 2 heterocycles. The van der Waals surface area contributed by atoms with Crippen molar-refractivity contribution in [1.29, 1.82) is 0 Å². The van der Waals surface area contributed by atoms with Crippen LogP contribution in [-0.2, 0) is 5.41 Å². The van der Waals surface area contributed by atoms with E-state index in [0.29, 0.717) is 17.6 Å². The van der Waals surface area contributed by atoms with Gasteiger partial charge in [-0.3, -0.25) is 4.98 Å². The molecule has 0 spiro atoms. The number of methoxy groups -OCH3 is 1. The van der Waals surface area contributed by atoms with E-state index in [9.17, 15) is 0 Å². The van der Waals surface area contributed by atoms with Crippen LogP contribution in [0.5, 0.6) is 5.75 Å². The van der Waals surface area contributed by atoms with Gasteiger partial charge in [-0.1, -0.05) is 45.9 Å². The van der Waals surface area contributed by atoms with E-state index in [2.05, 4.69) is 72.6 Å². The molecule has 0 saturated heterocycles. The minimum Gasteiger partial charge on any atom is -0.497 e. The molecular weight excluding hydrogens is 454 g/mol. The van der Waals surface area contributed by atoms with Gasteiger partial charge in [0.25, 0.3) is 0 Å². The van der Waals surface area contributed by atoms with Crippen LogP contribution in [0.3, 0.4) is 0 Å². The van der Waals surface area contributed by atoms with Gasteiger partial charge in [0.15, 0.2) is 5.11 Å². The minimum absolute atomic E-state index is 0.284. The summed E-state index contributed by atoms with van der Waals surface area (Å²) < 4.78 is 5.38. The summed E-state index contributed by atoms with van der Waals surface area (Å²) in [7, 11) is 1.69. The molecule has 182 valence electrons. The number of aromatic amines is 1. The zero-order valence-corrected chi connectivity index (χ0v) is 21.8. The summed E-state index contributed by atoms with van der Waals surface area (Å²) in [4.78, 5) is 12.9. The average Bonchev–Trinajstić information content (AvgIpc) is 3.33. The van der Waals surface area contributed by atoms with Gasteiger partial charge in [0, 0.05) is 42.0 Å². The van der Waals surface area contributed by atoms with Gasteiger partial charge < -0.3 is 20.4 Å². The van der Waals surface area contributed by atoms with Crippen molar-refractivity contribution in [3.05, 3.63) is 66.7 Å². The molecule has 2 aromatic heterocycles. The summed E-state index contributed by atoms with van der Waals surface area (Å²) >= 11 is 5.47. The molecule has 0 aliphatic carbocycles. The molecule has 35 heavy (non-hydrogen) atoms. The van der Waals surface area contributed by atoms with Crippen LogP contribution in [0.1, 0.15) is 33.5 Å². The van der Waals surface area contributed by atoms with Crippen molar-refractivity contribution in [2.75, 3.05) is 20.2 Å². The van der Waals surface area contributed by atoms with Crippen molar-refractivity contribution < 1.29 is 4.74 Å². The maximum Gasteiger partial charge on any atom is 0.166 e. The van der Waals surface area contributed by atoms with Gasteiger partial charge >= 0.3 is 0 Å². The first-order valence-electron chi connectivity index (χ1n) is 11.9. The number of H-pyrrole nitrogens is 1. The number of nitrogens with one attached hydrogen (secondary N) is 3. The number of benzene rings is 2. The van der Waals surface area contributed by atoms with Crippen molar-refractivity contribution in [3.8, 4) is 28.3 Å². The van der Waals surface area contributed by atoms with Gasteiger partial charge in [-0.25, -0.2) is 4.98 Å². The largest absolute Gasteiger partial charge is 0.497 e. The molecule has 0 atom stereocenters. The van der Waals surface area contributed by atoms with Gasteiger partial charge in [-0.2, -0.15) is 0 Å². The molecule has 2 aromatic carbocycles. The van der Waals surface area contributed by atoms with Gasteiger partial charge in [-0.05, 0) is 59.2 Å². The average molecular weight is 488 g/mol. The van der Waals surface area contributed by atoms with Crippen LogP contribution in [0.15, 0.2) is 60.9 Å². The molecule has 7 heteroatoms. The molecular formula is C28H33N5OS. The normalized spacial score (nSPS) is 11.6. The third-order valence-corrected chi connectivity index (χ3v) is 6.29. The van der Waals surface area contributed by atoms with Crippen LogP contribution in [0.25, 0.3) is 33.3 Å². The van der Waals surface area contributed by atoms with E-state index >= 15 is 0 Å². The SMILES string of the molecule is COc1ccc2cc(-c3nc(C(C)(C)CNC(=S)NCC(C)C)[nH]c3-c3ccncc3)ccc2c1. The third kappa shape index (κ3) is 5.80. The predicted octanol–water partition coefficient (Wildman–Crippen LogP) is 5.70. The van der Waals surface area contributed by atoms with Crippen LogP contribution >= 0.6 is 12.2 Å². The number of hydrogen-bond acceptors (Lipinski definition) is 4. The number of ether oxygens (including phenoxy) is 1. The minimum atomic E-state index is -0.284. The van der Waals surface area contributed by atoms with E-state index in [4.69, 9.17) is 21.9 Å². The highest BCUT2D eigenvalue weighted by Gasteiger charge is 2.27. The summed E-state index contributed by atoms with van der Waals surface area (Å²) in [5.74, 6) is 2.27. The Balaban J connectivity index is 1.69. The molecule has 0 amide bonds. The highest BCUT2D eigenvalue weighted by Crippen LogP contribution is 2.35. The second-order valence-electron chi connectivity index (χ2n) is 9.81. The Hall–Kier alpha value is -3.45. The smallest absolute Gasteiger partial charge is 0.166 e. The number of fused-ring (bicyclic) bond motifs is 1. The number of imidazole rings is 1. The zero-order chi connectivity index (χ0) is 25.0. The quantitative estimate of drug-likeness (QED) is 0.277. The standard InChI is InChI=1S/C28H33N5OS/c1-18(2)16-30-27(35)31-17-28(3,4)26-32-24(19-10-12-29-13-11-19)25(33-26)22-7-6-21-15-23(34-5)9-8-20(21)14-22/h6-15,18H,16-17H2,1-5H3,(H,32,33)(H2,30,31,35). The van der Waals surface area contributed by atoms with E-state index in [1.807, 2.05) is 24.3 Å².